The summed E-state index contributed by atoms with van der Waals surface area (Å²) >= 11 is 0. The molecule has 0 aliphatic rings. The van der Waals surface area contributed by atoms with E-state index in [0.717, 1.165) is 4.31 Å². The minimum absolute atomic E-state index is 0.0291. The van der Waals surface area contributed by atoms with Crippen LogP contribution in [0, 0.1) is 0 Å². The third-order valence-electron chi connectivity index (χ3n) is 1.87. The van der Waals surface area contributed by atoms with Gasteiger partial charge in [0.25, 0.3) is 0 Å². The van der Waals surface area contributed by atoms with Gasteiger partial charge in [0.2, 0.25) is 10.0 Å². The van der Waals surface area contributed by atoms with Crippen molar-refractivity contribution in [1.29, 1.82) is 0 Å². The molecule has 0 aliphatic carbocycles. The van der Waals surface area contributed by atoms with Gasteiger partial charge in [-0.3, -0.25) is 4.39 Å². The molecule has 1 atom stereocenters. The molecule has 0 aromatic heterocycles. The highest BCUT2D eigenvalue weighted by Gasteiger charge is 2.17. The average Bonchev–Trinajstić information content (AvgIpc) is 2.10. The molecule has 0 radical (unpaired) electrons. The van der Waals surface area contributed by atoms with Crippen molar-refractivity contribution in [3.63, 3.8) is 0 Å². The van der Waals surface area contributed by atoms with Crippen molar-refractivity contribution in [2.75, 3.05) is 26.0 Å². The SMILES string of the molecule is CC(O)CCN(C)S(=O)(=O)CCCF. The van der Waals surface area contributed by atoms with E-state index in [1.54, 1.807) is 6.92 Å². The monoisotopic (exact) mass is 227 g/mol. The zero-order chi connectivity index (χ0) is 11.2. The Morgan fingerprint density at radius 2 is 2.07 bits per heavy atom. The second-order valence-corrected chi connectivity index (χ2v) is 5.51. The summed E-state index contributed by atoms with van der Waals surface area (Å²) in [5.41, 5.74) is 0. The van der Waals surface area contributed by atoms with Gasteiger partial charge in [0, 0.05) is 13.6 Å². The molecule has 14 heavy (non-hydrogen) atoms. The topological polar surface area (TPSA) is 57.6 Å². The van der Waals surface area contributed by atoms with Crippen LogP contribution in [0.2, 0.25) is 0 Å². The number of halogens is 1. The maximum Gasteiger partial charge on any atom is 0.213 e. The molecule has 1 unspecified atom stereocenters. The lowest BCUT2D eigenvalue weighted by molar-refractivity contribution is 0.177. The molecule has 0 fully saturated rings. The lowest BCUT2D eigenvalue weighted by Gasteiger charge is -2.17. The summed E-state index contributed by atoms with van der Waals surface area (Å²) in [6, 6.07) is 0. The molecule has 0 heterocycles. The summed E-state index contributed by atoms with van der Waals surface area (Å²) in [7, 11) is -1.90. The Hall–Kier alpha value is -0.200. The van der Waals surface area contributed by atoms with Gasteiger partial charge in [-0.15, -0.1) is 0 Å². The van der Waals surface area contributed by atoms with Crippen molar-refractivity contribution < 1.29 is 17.9 Å². The second-order valence-electron chi connectivity index (χ2n) is 3.32. The van der Waals surface area contributed by atoms with Crippen LogP contribution in [-0.2, 0) is 10.0 Å². The van der Waals surface area contributed by atoms with Gasteiger partial charge >= 0.3 is 0 Å². The second kappa shape index (κ2) is 6.31. The molecule has 0 saturated heterocycles. The lowest BCUT2D eigenvalue weighted by Crippen LogP contribution is -2.31. The third-order valence-corrected chi connectivity index (χ3v) is 3.81. The van der Waals surface area contributed by atoms with E-state index in [4.69, 9.17) is 5.11 Å². The summed E-state index contributed by atoms with van der Waals surface area (Å²) in [4.78, 5) is 0. The lowest BCUT2D eigenvalue weighted by atomic mass is 10.3. The molecule has 0 aromatic carbocycles. The number of nitrogens with zero attached hydrogens (tertiary/aromatic N) is 1. The van der Waals surface area contributed by atoms with Gasteiger partial charge in [0.15, 0.2) is 0 Å². The fourth-order valence-electron chi connectivity index (χ4n) is 0.901. The first-order valence-corrected chi connectivity index (χ1v) is 6.19. The van der Waals surface area contributed by atoms with Gasteiger partial charge in [0.05, 0.1) is 18.5 Å². The van der Waals surface area contributed by atoms with Crippen molar-refractivity contribution in [2.24, 2.45) is 0 Å². The molecular weight excluding hydrogens is 209 g/mol. The molecule has 4 nitrogen and oxygen atoms in total. The van der Waals surface area contributed by atoms with Crippen LogP contribution in [0.1, 0.15) is 19.8 Å². The Morgan fingerprint density at radius 3 is 2.50 bits per heavy atom. The van der Waals surface area contributed by atoms with Gasteiger partial charge in [-0.1, -0.05) is 0 Å². The van der Waals surface area contributed by atoms with E-state index >= 15 is 0 Å². The molecule has 0 aromatic rings. The van der Waals surface area contributed by atoms with Crippen LogP contribution in [0.5, 0.6) is 0 Å². The predicted molar refractivity (Wildman–Crippen MR) is 53.3 cm³/mol. The van der Waals surface area contributed by atoms with Gasteiger partial charge in [-0.05, 0) is 19.8 Å². The number of aliphatic hydroxyl groups excluding tert-OH is 1. The van der Waals surface area contributed by atoms with Crippen LogP contribution in [-0.4, -0.2) is 50.0 Å². The minimum Gasteiger partial charge on any atom is -0.393 e. The van der Waals surface area contributed by atoms with Crippen molar-refractivity contribution in [1.82, 2.24) is 4.31 Å². The Bertz CT molecular complexity index is 241. The van der Waals surface area contributed by atoms with Crippen molar-refractivity contribution in [2.45, 2.75) is 25.9 Å². The molecule has 86 valence electrons. The first-order chi connectivity index (χ1) is 6.40. The highest BCUT2D eigenvalue weighted by molar-refractivity contribution is 7.89. The van der Waals surface area contributed by atoms with E-state index in [-0.39, 0.29) is 18.7 Å². The number of rotatable bonds is 7. The van der Waals surface area contributed by atoms with E-state index < -0.39 is 22.8 Å². The highest BCUT2D eigenvalue weighted by atomic mass is 32.2. The van der Waals surface area contributed by atoms with Crippen molar-refractivity contribution >= 4 is 10.0 Å². The Morgan fingerprint density at radius 1 is 1.50 bits per heavy atom. The fourth-order valence-corrected chi connectivity index (χ4v) is 2.07. The molecule has 0 amide bonds. The molecule has 0 rings (SSSR count). The molecule has 1 N–H and O–H groups in total. The molecule has 6 heteroatoms. The minimum atomic E-state index is -3.34. The van der Waals surface area contributed by atoms with Gasteiger partial charge < -0.3 is 5.11 Å². The smallest absolute Gasteiger partial charge is 0.213 e. The molecular formula is C8H18FNO3S. The van der Waals surface area contributed by atoms with Crippen molar-refractivity contribution in [3.8, 4) is 0 Å². The first-order valence-electron chi connectivity index (χ1n) is 4.58. The van der Waals surface area contributed by atoms with E-state index in [9.17, 15) is 12.8 Å². The van der Waals surface area contributed by atoms with E-state index in [1.165, 1.54) is 7.05 Å². The summed E-state index contributed by atoms with van der Waals surface area (Å²) < 4.78 is 35.7. The quantitative estimate of drug-likeness (QED) is 0.684. The number of aliphatic hydroxyl groups is 1. The maximum atomic E-state index is 11.8. The standard InChI is InChI=1S/C8H18FNO3S/c1-8(11)4-6-10(2)14(12,13)7-3-5-9/h8,11H,3-7H2,1-2H3. The maximum absolute atomic E-state index is 11.8. The largest absolute Gasteiger partial charge is 0.393 e. The summed E-state index contributed by atoms with van der Waals surface area (Å²) in [6.45, 7) is 1.25. The van der Waals surface area contributed by atoms with Crippen LogP contribution in [0.4, 0.5) is 4.39 Å². The van der Waals surface area contributed by atoms with Gasteiger partial charge in [0.1, 0.15) is 0 Å². The molecule has 0 saturated carbocycles. The third kappa shape index (κ3) is 5.51. The number of sulfonamides is 1. The zero-order valence-electron chi connectivity index (χ0n) is 8.61. The van der Waals surface area contributed by atoms with Gasteiger partial charge in [-0.25, -0.2) is 12.7 Å². The summed E-state index contributed by atoms with van der Waals surface area (Å²) in [6.07, 6.45) is -0.0963. The average molecular weight is 227 g/mol. The highest BCUT2D eigenvalue weighted by Crippen LogP contribution is 2.03. The molecule has 0 aliphatic heterocycles. The zero-order valence-corrected chi connectivity index (χ0v) is 9.43. The Labute approximate surface area is 84.8 Å². The Balaban J connectivity index is 4.01. The fraction of sp³-hybridized carbons (Fsp3) is 1.00. The van der Waals surface area contributed by atoms with E-state index in [1.807, 2.05) is 0 Å². The Kier molecular flexibility index (Phi) is 6.22. The van der Waals surface area contributed by atoms with Crippen LogP contribution in [0.3, 0.4) is 0 Å². The van der Waals surface area contributed by atoms with Crippen LogP contribution in [0.15, 0.2) is 0 Å². The van der Waals surface area contributed by atoms with Crippen LogP contribution in [0.25, 0.3) is 0 Å². The van der Waals surface area contributed by atoms with E-state index in [0.29, 0.717) is 6.42 Å². The van der Waals surface area contributed by atoms with Crippen molar-refractivity contribution in [3.05, 3.63) is 0 Å². The van der Waals surface area contributed by atoms with Crippen LogP contribution < -0.4 is 0 Å². The number of alkyl halides is 1. The molecule has 0 spiro atoms. The molecule has 0 bridgehead atoms. The summed E-state index contributed by atoms with van der Waals surface area (Å²) in [5.74, 6) is -0.167. The van der Waals surface area contributed by atoms with E-state index in [2.05, 4.69) is 0 Å². The summed E-state index contributed by atoms with van der Waals surface area (Å²) in [5, 5.41) is 8.96. The number of hydrogen-bond acceptors (Lipinski definition) is 3. The van der Waals surface area contributed by atoms with Crippen LogP contribution >= 0.6 is 0 Å². The normalized spacial score (nSPS) is 14.6. The predicted octanol–water partition coefficient (Wildman–Crippen LogP) is 0.379. The number of hydrogen-bond donors (Lipinski definition) is 1. The first kappa shape index (κ1) is 13.8. The van der Waals surface area contributed by atoms with Gasteiger partial charge in [-0.2, -0.15) is 0 Å².